The van der Waals surface area contributed by atoms with E-state index >= 15 is 0 Å². The third-order valence-electron chi connectivity index (χ3n) is 5.18. The van der Waals surface area contributed by atoms with Crippen molar-refractivity contribution in [3.63, 3.8) is 0 Å². The average molecular weight is 455 g/mol. The van der Waals surface area contributed by atoms with Gasteiger partial charge < -0.3 is 19.4 Å². The van der Waals surface area contributed by atoms with Gasteiger partial charge in [-0.25, -0.2) is 0 Å². The van der Waals surface area contributed by atoms with Gasteiger partial charge in [0.15, 0.2) is 6.61 Å². The second-order valence-corrected chi connectivity index (χ2v) is 7.89. The second-order valence-electron chi connectivity index (χ2n) is 7.46. The summed E-state index contributed by atoms with van der Waals surface area (Å²) in [6.07, 6.45) is 0.863. The normalized spacial score (nSPS) is 10.8. The number of rotatable bonds is 10. The minimum atomic E-state index is -0.363. The van der Waals surface area contributed by atoms with Crippen LogP contribution in [0.3, 0.4) is 0 Å². The van der Waals surface area contributed by atoms with Crippen LogP contribution in [0.15, 0.2) is 54.6 Å². The lowest BCUT2D eigenvalue weighted by Gasteiger charge is -2.12. The van der Waals surface area contributed by atoms with Gasteiger partial charge >= 0.3 is 0 Å². The molecule has 0 aliphatic heterocycles. The number of aromatic nitrogens is 1. The molecule has 0 fully saturated rings. The molecule has 1 amide bonds. The highest BCUT2D eigenvalue weighted by Gasteiger charge is 2.19. The topological polar surface area (TPSA) is 69.6 Å². The number of halogens is 1. The molecule has 0 atom stereocenters. The number of nitrogens with one attached hydrogen (secondary N) is 1. The van der Waals surface area contributed by atoms with Crippen LogP contribution in [0.4, 0.5) is 5.69 Å². The Kier molecular flexibility index (Phi) is 8.09. The number of Topliss-reactive ketones (excluding diaryl/α,β-unsaturated/α-hetero) is 1. The largest absolute Gasteiger partial charge is 0.485 e. The van der Waals surface area contributed by atoms with Gasteiger partial charge in [-0.15, -0.1) is 0 Å². The molecule has 0 saturated carbocycles. The Morgan fingerprint density at radius 1 is 1.03 bits per heavy atom. The number of carbonyl (C=O) groups is 2. The number of anilines is 1. The molecule has 0 spiro atoms. The molecule has 0 bridgehead atoms. The van der Waals surface area contributed by atoms with Crippen molar-refractivity contribution in [3.8, 4) is 5.75 Å². The molecular weight excluding hydrogens is 428 g/mol. The molecule has 1 heterocycles. The van der Waals surface area contributed by atoms with E-state index in [-0.39, 0.29) is 23.9 Å². The van der Waals surface area contributed by atoms with Crippen molar-refractivity contribution in [2.24, 2.45) is 0 Å². The van der Waals surface area contributed by atoms with Gasteiger partial charge in [0.2, 0.25) is 5.78 Å². The first-order valence-corrected chi connectivity index (χ1v) is 10.8. The van der Waals surface area contributed by atoms with Crippen molar-refractivity contribution in [2.45, 2.75) is 26.8 Å². The molecule has 3 aromatic rings. The molecule has 0 radical (unpaired) electrons. The van der Waals surface area contributed by atoms with Crippen molar-refractivity contribution >= 4 is 29.0 Å². The molecule has 3 rings (SSSR count). The Morgan fingerprint density at radius 3 is 2.50 bits per heavy atom. The van der Waals surface area contributed by atoms with Crippen molar-refractivity contribution in [1.29, 1.82) is 0 Å². The summed E-state index contributed by atoms with van der Waals surface area (Å²) in [7, 11) is 1.67. The van der Waals surface area contributed by atoms with Crippen LogP contribution in [0.25, 0.3) is 0 Å². The zero-order valence-corrected chi connectivity index (χ0v) is 19.2. The Morgan fingerprint density at radius 2 is 1.78 bits per heavy atom. The lowest BCUT2D eigenvalue weighted by molar-refractivity contribution is 0.0913. The quantitative estimate of drug-likeness (QED) is 0.333. The van der Waals surface area contributed by atoms with Crippen LogP contribution in [0.1, 0.15) is 38.5 Å². The Balaban J connectivity index is 1.72. The van der Waals surface area contributed by atoms with Crippen LogP contribution in [-0.4, -0.2) is 36.6 Å². The Hall–Kier alpha value is -3.09. The summed E-state index contributed by atoms with van der Waals surface area (Å²) in [6.45, 7) is 5.15. The summed E-state index contributed by atoms with van der Waals surface area (Å²) < 4.78 is 13.0. The minimum absolute atomic E-state index is 0.152. The molecule has 0 unspecified atom stereocenters. The molecule has 7 heteroatoms. The van der Waals surface area contributed by atoms with E-state index in [4.69, 9.17) is 21.1 Å². The van der Waals surface area contributed by atoms with Gasteiger partial charge in [0.05, 0.1) is 5.56 Å². The lowest BCUT2D eigenvalue weighted by Crippen LogP contribution is -2.17. The zero-order valence-electron chi connectivity index (χ0n) is 18.5. The number of methoxy groups -OCH3 is 1. The first-order valence-electron chi connectivity index (χ1n) is 10.4. The van der Waals surface area contributed by atoms with Crippen molar-refractivity contribution in [1.82, 2.24) is 4.57 Å². The van der Waals surface area contributed by atoms with Crippen molar-refractivity contribution < 1.29 is 19.1 Å². The Labute approximate surface area is 193 Å². The summed E-state index contributed by atoms with van der Waals surface area (Å²) in [6, 6.07) is 15.7. The average Bonchev–Trinajstić information content (AvgIpc) is 3.07. The van der Waals surface area contributed by atoms with Crippen molar-refractivity contribution in [3.05, 3.63) is 82.1 Å². The molecule has 168 valence electrons. The number of ether oxygens (including phenoxy) is 2. The number of amides is 1. The van der Waals surface area contributed by atoms with Gasteiger partial charge in [-0.05, 0) is 56.7 Å². The molecule has 0 saturated heterocycles. The number of benzene rings is 2. The van der Waals surface area contributed by atoms with Crippen LogP contribution in [-0.2, 0) is 11.3 Å². The molecule has 1 aromatic heterocycles. The highest BCUT2D eigenvalue weighted by atomic mass is 35.5. The van der Waals surface area contributed by atoms with E-state index in [2.05, 4.69) is 9.88 Å². The molecule has 1 N–H and O–H groups in total. The predicted octanol–water partition coefficient (Wildman–Crippen LogP) is 5.31. The fourth-order valence-corrected chi connectivity index (χ4v) is 3.71. The molecule has 0 aliphatic carbocycles. The van der Waals surface area contributed by atoms with E-state index in [1.54, 1.807) is 31.4 Å². The maximum Gasteiger partial charge on any atom is 0.259 e. The summed E-state index contributed by atoms with van der Waals surface area (Å²) in [4.78, 5) is 25.7. The van der Waals surface area contributed by atoms with Gasteiger partial charge in [-0.1, -0.05) is 29.8 Å². The lowest BCUT2D eigenvalue weighted by atomic mass is 10.1. The number of hydrogen-bond acceptors (Lipinski definition) is 4. The SMILES string of the molecule is COCCCn1c(C)cc(C(=O)COc2ccc(Cl)cc2C(=O)Nc2ccccc2)c1C. The van der Waals surface area contributed by atoms with Crippen LogP contribution in [0, 0.1) is 13.8 Å². The number of ketones is 1. The zero-order chi connectivity index (χ0) is 23.1. The summed E-state index contributed by atoms with van der Waals surface area (Å²) in [5, 5.41) is 3.22. The van der Waals surface area contributed by atoms with Crippen molar-refractivity contribution in [2.75, 3.05) is 25.6 Å². The molecule has 2 aromatic carbocycles. The van der Waals surface area contributed by atoms with E-state index in [0.29, 0.717) is 28.6 Å². The second kappa shape index (κ2) is 11.0. The molecule has 0 aliphatic rings. The Bertz CT molecular complexity index is 1090. The van der Waals surface area contributed by atoms with Crippen LogP contribution in [0.2, 0.25) is 5.02 Å². The van der Waals surface area contributed by atoms with Gasteiger partial charge in [-0.2, -0.15) is 0 Å². The number of para-hydroxylation sites is 1. The summed E-state index contributed by atoms with van der Waals surface area (Å²) in [5.41, 5.74) is 3.44. The van der Waals surface area contributed by atoms with Gasteiger partial charge in [0.25, 0.3) is 5.91 Å². The van der Waals surface area contributed by atoms with Crippen LogP contribution >= 0.6 is 11.6 Å². The molecule has 6 nitrogen and oxygen atoms in total. The predicted molar refractivity (Wildman–Crippen MR) is 126 cm³/mol. The fourth-order valence-electron chi connectivity index (χ4n) is 3.54. The molecule has 32 heavy (non-hydrogen) atoms. The summed E-state index contributed by atoms with van der Waals surface area (Å²) >= 11 is 6.10. The monoisotopic (exact) mass is 454 g/mol. The number of nitrogens with zero attached hydrogens (tertiary/aromatic N) is 1. The fraction of sp³-hybridized carbons (Fsp3) is 0.280. The van der Waals surface area contributed by atoms with Gasteiger partial charge in [0, 0.05) is 47.9 Å². The first-order chi connectivity index (χ1) is 15.4. The first kappa shape index (κ1) is 23.6. The highest BCUT2D eigenvalue weighted by Crippen LogP contribution is 2.25. The van der Waals surface area contributed by atoms with E-state index in [1.165, 1.54) is 6.07 Å². The third-order valence-corrected chi connectivity index (χ3v) is 5.42. The maximum atomic E-state index is 12.9. The van der Waals surface area contributed by atoms with E-state index in [0.717, 1.165) is 24.4 Å². The standard InChI is InChI=1S/C25H27ClN2O4/c1-17-14-21(18(2)28(17)12-7-13-31-3)23(29)16-32-24-11-10-19(26)15-22(24)25(30)27-20-8-5-4-6-9-20/h4-6,8-11,14-15H,7,12-13,16H2,1-3H3,(H,27,30). The van der Waals surface area contributed by atoms with Crippen LogP contribution in [0.5, 0.6) is 5.75 Å². The number of hydrogen-bond donors (Lipinski definition) is 1. The van der Waals surface area contributed by atoms with Crippen LogP contribution < -0.4 is 10.1 Å². The number of aryl methyl sites for hydroxylation is 1. The van der Waals surface area contributed by atoms with E-state index < -0.39 is 0 Å². The van der Waals surface area contributed by atoms with E-state index in [1.807, 2.05) is 38.1 Å². The number of carbonyl (C=O) groups excluding carboxylic acids is 2. The third kappa shape index (κ3) is 5.78. The summed E-state index contributed by atoms with van der Waals surface area (Å²) in [5.74, 6) is -0.219. The smallest absolute Gasteiger partial charge is 0.259 e. The highest BCUT2D eigenvalue weighted by molar-refractivity contribution is 6.31. The minimum Gasteiger partial charge on any atom is -0.485 e. The maximum absolute atomic E-state index is 12.9. The van der Waals surface area contributed by atoms with Gasteiger partial charge in [-0.3, -0.25) is 9.59 Å². The van der Waals surface area contributed by atoms with Gasteiger partial charge in [0.1, 0.15) is 5.75 Å². The molecular formula is C25H27ClN2O4. The van der Waals surface area contributed by atoms with E-state index in [9.17, 15) is 9.59 Å².